The van der Waals surface area contributed by atoms with Gasteiger partial charge in [-0.05, 0) is 60.0 Å². The zero-order valence-electron chi connectivity index (χ0n) is 21.5. The summed E-state index contributed by atoms with van der Waals surface area (Å²) < 4.78 is 0. The number of thiophene rings is 1. The summed E-state index contributed by atoms with van der Waals surface area (Å²) >= 11 is 1.82. The van der Waals surface area contributed by atoms with Crippen molar-refractivity contribution in [3.63, 3.8) is 0 Å². The standard InChI is InChI=1S/C33H27N5S/c1-21-13-14-31(39-21)26-11-6-12-29-27(26)17-30(36-29)32-28-16-25(20-35-33(28)38-37-32)24-10-5-9-23(15-24)19-34-18-22-7-3-2-4-8-22/h2-17,20,34,36H,18-19H2,1H3,(H,35,37,38). The third-order valence-corrected chi connectivity index (χ3v) is 8.14. The molecule has 0 aliphatic rings. The molecule has 0 radical (unpaired) electrons. The van der Waals surface area contributed by atoms with E-state index in [1.54, 1.807) is 0 Å². The van der Waals surface area contributed by atoms with Crippen LogP contribution in [0.5, 0.6) is 0 Å². The van der Waals surface area contributed by atoms with Gasteiger partial charge in [-0.3, -0.25) is 5.10 Å². The minimum Gasteiger partial charge on any atom is -0.353 e. The van der Waals surface area contributed by atoms with Crippen LogP contribution in [-0.2, 0) is 13.1 Å². The first-order valence-corrected chi connectivity index (χ1v) is 13.9. The highest BCUT2D eigenvalue weighted by atomic mass is 32.1. The van der Waals surface area contributed by atoms with Crippen LogP contribution in [0.1, 0.15) is 16.0 Å². The molecule has 190 valence electrons. The number of benzene rings is 3. The number of rotatable bonds is 7. The van der Waals surface area contributed by atoms with E-state index in [9.17, 15) is 0 Å². The molecule has 0 aliphatic heterocycles. The molecule has 0 spiro atoms. The summed E-state index contributed by atoms with van der Waals surface area (Å²) in [6, 6.07) is 34.3. The Balaban J connectivity index is 1.20. The monoisotopic (exact) mass is 525 g/mol. The van der Waals surface area contributed by atoms with E-state index < -0.39 is 0 Å². The first kappa shape index (κ1) is 23.6. The number of aromatic amines is 2. The van der Waals surface area contributed by atoms with Crippen LogP contribution in [0.4, 0.5) is 0 Å². The van der Waals surface area contributed by atoms with E-state index in [1.165, 1.54) is 31.8 Å². The van der Waals surface area contributed by atoms with Gasteiger partial charge in [0, 0.05) is 56.5 Å². The van der Waals surface area contributed by atoms with Crippen molar-refractivity contribution in [3.8, 4) is 33.0 Å². The zero-order valence-corrected chi connectivity index (χ0v) is 22.3. The van der Waals surface area contributed by atoms with E-state index in [0.717, 1.165) is 52.2 Å². The fourth-order valence-corrected chi connectivity index (χ4v) is 6.06. The summed E-state index contributed by atoms with van der Waals surface area (Å²) in [6.07, 6.45) is 1.92. The molecule has 0 fully saturated rings. The van der Waals surface area contributed by atoms with Crippen LogP contribution in [-0.4, -0.2) is 20.2 Å². The number of aryl methyl sites for hydroxylation is 1. The van der Waals surface area contributed by atoms with Crippen molar-refractivity contribution in [2.75, 3.05) is 0 Å². The average Bonchev–Trinajstić information content (AvgIpc) is 3.71. The quantitative estimate of drug-likeness (QED) is 0.197. The molecule has 5 nitrogen and oxygen atoms in total. The van der Waals surface area contributed by atoms with E-state index in [0.29, 0.717) is 0 Å². The highest BCUT2D eigenvalue weighted by Crippen LogP contribution is 2.37. The number of hydrogen-bond donors (Lipinski definition) is 3. The Morgan fingerprint density at radius 1 is 0.769 bits per heavy atom. The van der Waals surface area contributed by atoms with Gasteiger partial charge in [0.15, 0.2) is 5.65 Å². The Kier molecular flexibility index (Phi) is 6.04. The smallest absolute Gasteiger partial charge is 0.155 e. The lowest BCUT2D eigenvalue weighted by Gasteiger charge is -2.08. The van der Waals surface area contributed by atoms with Gasteiger partial charge in [0.2, 0.25) is 0 Å². The number of fused-ring (bicyclic) bond motifs is 2. The second-order valence-electron chi connectivity index (χ2n) is 9.84. The first-order chi connectivity index (χ1) is 19.2. The molecule has 0 aliphatic carbocycles. The fraction of sp³-hybridized carbons (Fsp3) is 0.0909. The average molecular weight is 526 g/mol. The van der Waals surface area contributed by atoms with Gasteiger partial charge in [-0.1, -0.05) is 60.7 Å². The van der Waals surface area contributed by atoms with E-state index in [2.05, 4.69) is 118 Å². The molecule has 0 unspecified atom stereocenters. The maximum atomic E-state index is 4.71. The van der Waals surface area contributed by atoms with Gasteiger partial charge in [0.05, 0.1) is 5.69 Å². The van der Waals surface area contributed by atoms with Gasteiger partial charge in [0.1, 0.15) is 5.69 Å². The Bertz CT molecular complexity index is 1910. The maximum Gasteiger partial charge on any atom is 0.155 e. The minimum absolute atomic E-state index is 0.780. The molecule has 3 aromatic carbocycles. The Morgan fingerprint density at radius 2 is 1.62 bits per heavy atom. The molecule has 3 N–H and O–H groups in total. The third-order valence-electron chi connectivity index (χ3n) is 7.10. The first-order valence-electron chi connectivity index (χ1n) is 13.1. The maximum absolute atomic E-state index is 4.71. The van der Waals surface area contributed by atoms with Crippen molar-refractivity contribution < 1.29 is 0 Å². The normalized spacial score (nSPS) is 11.5. The van der Waals surface area contributed by atoms with Crippen LogP contribution < -0.4 is 5.32 Å². The predicted octanol–water partition coefficient (Wildman–Crippen LogP) is 8.10. The lowest BCUT2D eigenvalue weighted by atomic mass is 10.0. The van der Waals surface area contributed by atoms with Gasteiger partial charge in [0.25, 0.3) is 0 Å². The van der Waals surface area contributed by atoms with Crippen LogP contribution in [0.3, 0.4) is 0 Å². The summed E-state index contributed by atoms with van der Waals surface area (Å²) in [4.78, 5) is 10.9. The largest absolute Gasteiger partial charge is 0.353 e. The molecule has 6 heteroatoms. The van der Waals surface area contributed by atoms with Gasteiger partial charge in [-0.2, -0.15) is 5.10 Å². The van der Waals surface area contributed by atoms with Crippen molar-refractivity contribution in [3.05, 3.63) is 119 Å². The highest BCUT2D eigenvalue weighted by molar-refractivity contribution is 7.15. The van der Waals surface area contributed by atoms with Gasteiger partial charge in [-0.25, -0.2) is 4.98 Å². The van der Waals surface area contributed by atoms with E-state index in [4.69, 9.17) is 4.98 Å². The van der Waals surface area contributed by atoms with Crippen molar-refractivity contribution in [2.24, 2.45) is 0 Å². The summed E-state index contributed by atoms with van der Waals surface area (Å²) in [5, 5.41) is 13.5. The van der Waals surface area contributed by atoms with E-state index in [-0.39, 0.29) is 0 Å². The third kappa shape index (κ3) is 4.65. The lowest BCUT2D eigenvalue weighted by Crippen LogP contribution is -2.12. The van der Waals surface area contributed by atoms with Crippen LogP contribution in [0, 0.1) is 6.92 Å². The molecule has 39 heavy (non-hydrogen) atoms. The number of nitrogens with one attached hydrogen (secondary N) is 3. The SMILES string of the molecule is Cc1ccc(-c2cccc3[nH]c(-c4n[nH]c5ncc(-c6cccc(CNCc7ccccc7)c6)cc45)cc23)s1. The Morgan fingerprint density at radius 3 is 2.49 bits per heavy atom. The van der Waals surface area contributed by atoms with Crippen LogP contribution in [0.25, 0.3) is 54.9 Å². The molecule has 4 heterocycles. The predicted molar refractivity (Wildman–Crippen MR) is 162 cm³/mol. The van der Waals surface area contributed by atoms with Gasteiger partial charge in [-0.15, -0.1) is 11.3 Å². The minimum atomic E-state index is 0.780. The molecule has 7 rings (SSSR count). The molecular weight excluding hydrogens is 498 g/mol. The number of nitrogens with zero attached hydrogens (tertiary/aromatic N) is 2. The number of pyridine rings is 1. The second kappa shape index (κ2) is 9.98. The molecule has 7 aromatic rings. The molecular formula is C33H27N5S. The fourth-order valence-electron chi connectivity index (χ4n) is 5.15. The van der Waals surface area contributed by atoms with Gasteiger partial charge < -0.3 is 10.3 Å². The zero-order chi connectivity index (χ0) is 26.2. The van der Waals surface area contributed by atoms with Crippen LogP contribution >= 0.6 is 11.3 Å². The Hall–Kier alpha value is -4.52. The van der Waals surface area contributed by atoms with E-state index >= 15 is 0 Å². The molecule has 0 atom stereocenters. The molecule has 4 aromatic heterocycles. The molecule has 0 saturated heterocycles. The van der Waals surface area contributed by atoms with Crippen molar-refractivity contribution in [1.29, 1.82) is 0 Å². The number of aromatic nitrogens is 4. The van der Waals surface area contributed by atoms with Crippen LogP contribution in [0.2, 0.25) is 0 Å². The summed E-state index contributed by atoms with van der Waals surface area (Å²) in [5.74, 6) is 0. The van der Waals surface area contributed by atoms with Crippen LogP contribution in [0.15, 0.2) is 103 Å². The second-order valence-corrected chi connectivity index (χ2v) is 11.1. The van der Waals surface area contributed by atoms with Gasteiger partial charge >= 0.3 is 0 Å². The summed E-state index contributed by atoms with van der Waals surface area (Å²) in [7, 11) is 0. The van der Waals surface area contributed by atoms with Crippen molar-refractivity contribution >= 4 is 33.3 Å². The van der Waals surface area contributed by atoms with E-state index in [1.807, 2.05) is 23.6 Å². The molecule has 0 amide bonds. The number of H-pyrrole nitrogens is 2. The summed E-state index contributed by atoms with van der Waals surface area (Å²) in [6.45, 7) is 3.79. The topological polar surface area (TPSA) is 69.4 Å². The molecule has 0 saturated carbocycles. The highest BCUT2D eigenvalue weighted by Gasteiger charge is 2.15. The lowest BCUT2D eigenvalue weighted by molar-refractivity contribution is 0.693. The summed E-state index contributed by atoms with van der Waals surface area (Å²) in [5.41, 5.74) is 9.72. The number of hydrogen-bond acceptors (Lipinski definition) is 4. The molecule has 0 bridgehead atoms. The Labute approximate surface area is 230 Å². The van der Waals surface area contributed by atoms with Crippen molar-refractivity contribution in [2.45, 2.75) is 20.0 Å². The van der Waals surface area contributed by atoms with Crippen molar-refractivity contribution in [1.82, 2.24) is 25.5 Å².